The lowest BCUT2D eigenvalue weighted by Crippen LogP contribution is -2.65. The summed E-state index contributed by atoms with van der Waals surface area (Å²) in [4.78, 5) is 9.40. The van der Waals surface area contributed by atoms with E-state index < -0.39 is 29.9 Å². The fraction of sp³-hybridized carbons (Fsp3) is 0.857. The maximum atomic E-state index is 12.1. The number of rotatable bonds is 4. The molecule has 0 aliphatic rings. The van der Waals surface area contributed by atoms with Crippen molar-refractivity contribution in [1.82, 2.24) is 0 Å². The lowest BCUT2D eigenvalue weighted by Gasteiger charge is -2.33. The van der Waals surface area contributed by atoms with Crippen molar-refractivity contribution in [2.75, 3.05) is 13.2 Å². The van der Waals surface area contributed by atoms with Crippen LogP contribution in [0.3, 0.4) is 0 Å². The second-order valence-corrected chi connectivity index (χ2v) is 3.09. The molecule has 0 aliphatic heterocycles. The van der Waals surface area contributed by atoms with Crippen LogP contribution < -0.4 is 10.8 Å². The zero-order valence-corrected chi connectivity index (χ0v) is 9.29. The molecule has 20 heavy (non-hydrogen) atoms. The Bertz CT molecular complexity index is 326. The van der Waals surface area contributed by atoms with Crippen LogP contribution in [-0.2, 0) is 4.79 Å². The molecule has 0 rings (SSSR count). The van der Waals surface area contributed by atoms with E-state index in [2.05, 4.69) is 5.73 Å². The van der Waals surface area contributed by atoms with Gasteiger partial charge in [-0.3, -0.25) is 0 Å². The zero-order chi connectivity index (χ0) is 17.0. The first kappa shape index (κ1) is 21.1. The third-order valence-corrected chi connectivity index (χ3v) is 1.56. The van der Waals surface area contributed by atoms with Crippen LogP contribution in [0.4, 0.5) is 39.5 Å². The lowest BCUT2D eigenvalue weighted by molar-refractivity contribution is -0.410. The maximum absolute atomic E-state index is 12.1. The van der Waals surface area contributed by atoms with E-state index in [1.807, 2.05) is 0 Å². The summed E-state index contributed by atoms with van der Waals surface area (Å²) in [6, 6.07) is 0. The molecule has 0 aromatic heterocycles. The van der Waals surface area contributed by atoms with Crippen LogP contribution in [0.2, 0.25) is 0 Å². The van der Waals surface area contributed by atoms with Crippen molar-refractivity contribution in [3.05, 3.63) is 0 Å². The minimum absolute atomic E-state index is 0.208. The molecule has 0 aromatic carbocycles. The van der Waals surface area contributed by atoms with Crippen molar-refractivity contribution >= 4 is 5.97 Å². The molecule has 0 saturated carbocycles. The molecular formula is C7H8F9NO3. The maximum Gasteiger partial charge on any atom is 0.460 e. The van der Waals surface area contributed by atoms with Crippen LogP contribution in [0.1, 0.15) is 0 Å². The molecule has 0 spiro atoms. The third kappa shape index (κ3) is 3.88. The Labute approximate surface area is 105 Å². The molecule has 4 nitrogen and oxygen atoms in total. The van der Waals surface area contributed by atoms with E-state index in [1.165, 1.54) is 0 Å². The second kappa shape index (κ2) is 6.47. The van der Waals surface area contributed by atoms with Crippen LogP contribution in [0.25, 0.3) is 0 Å². The van der Waals surface area contributed by atoms with Gasteiger partial charge in [0.15, 0.2) is 0 Å². The third-order valence-electron chi connectivity index (χ3n) is 1.56. The van der Waals surface area contributed by atoms with E-state index in [1.54, 1.807) is 0 Å². The SMILES string of the molecule is O=C([O-])C(F)(F)C(F)(F)C(F)(F)C(F)(F)F.[NH3+]CCO. The summed E-state index contributed by atoms with van der Waals surface area (Å²) in [5.74, 6) is -25.1. The van der Waals surface area contributed by atoms with Gasteiger partial charge in [-0.15, -0.1) is 0 Å². The number of aliphatic hydroxyl groups excluding tert-OH is 1. The Morgan fingerprint density at radius 3 is 1.40 bits per heavy atom. The number of halogens is 9. The van der Waals surface area contributed by atoms with Crippen molar-refractivity contribution in [3.8, 4) is 0 Å². The number of aliphatic hydroxyl groups is 1. The quantitative estimate of drug-likeness (QED) is 0.678. The van der Waals surface area contributed by atoms with Gasteiger partial charge in [-0.25, -0.2) is 0 Å². The Hall–Kier alpha value is -1.24. The first-order valence-corrected chi connectivity index (χ1v) is 4.43. The fourth-order valence-corrected chi connectivity index (χ4v) is 0.503. The molecule has 0 amide bonds. The van der Waals surface area contributed by atoms with E-state index in [9.17, 15) is 49.4 Å². The first-order valence-electron chi connectivity index (χ1n) is 4.43. The van der Waals surface area contributed by atoms with Crippen LogP contribution in [0.15, 0.2) is 0 Å². The topological polar surface area (TPSA) is 88.0 Å². The summed E-state index contributed by atoms with van der Waals surface area (Å²) < 4.78 is 106. The highest BCUT2D eigenvalue weighted by molar-refractivity contribution is 5.74. The van der Waals surface area contributed by atoms with Gasteiger partial charge in [0.05, 0.1) is 13.2 Å². The van der Waals surface area contributed by atoms with Crippen molar-refractivity contribution in [1.29, 1.82) is 0 Å². The van der Waals surface area contributed by atoms with Gasteiger partial charge >= 0.3 is 23.9 Å². The molecule has 0 unspecified atom stereocenters. The molecule has 4 N–H and O–H groups in total. The van der Waals surface area contributed by atoms with Gasteiger partial charge in [0.2, 0.25) is 0 Å². The summed E-state index contributed by atoms with van der Waals surface area (Å²) >= 11 is 0. The number of hydrogen-bond acceptors (Lipinski definition) is 3. The lowest BCUT2D eigenvalue weighted by atomic mass is 10.0. The summed E-state index contributed by atoms with van der Waals surface area (Å²) in [6.07, 6.45) is -7.03. The average Bonchev–Trinajstić information content (AvgIpc) is 2.27. The highest BCUT2D eigenvalue weighted by Gasteiger charge is 2.82. The Morgan fingerprint density at radius 2 is 1.25 bits per heavy atom. The van der Waals surface area contributed by atoms with Crippen molar-refractivity contribution in [2.24, 2.45) is 0 Å². The number of alkyl halides is 9. The van der Waals surface area contributed by atoms with Crippen LogP contribution in [-0.4, -0.2) is 48.2 Å². The number of aliphatic carboxylic acids is 1. The predicted molar refractivity (Wildman–Crippen MR) is 40.7 cm³/mol. The van der Waals surface area contributed by atoms with Crippen molar-refractivity contribution in [2.45, 2.75) is 23.9 Å². The molecule has 0 radical (unpaired) electrons. The zero-order valence-electron chi connectivity index (χ0n) is 9.29. The Balaban J connectivity index is 0. The van der Waals surface area contributed by atoms with Gasteiger partial charge in [0.1, 0.15) is 5.97 Å². The fourth-order valence-electron chi connectivity index (χ4n) is 0.503. The smallest absolute Gasteiger partial charge is 0.460 e. The van der Waals surface area contributed by atoms with E-state index in [4.69, 9.17) is 5.11 Å². The first-order chi connectivity index (χ1) is 8.61. The van der Waals surface area contributed by atoms with Gasteiger partial charge in [-0.05, 0) is 0 Å². The Kier molecular flexibility index (Phi) is 6.82. The van der Waals surface area contributed by atoms with Crippen LogP contribution >= 0.6 is 0 Å². The van der Waals surface area contributed by atoms with E-state index in [-0.39, 0.29) is 6.61 Å². The number of hydrogen-bond donors (Lipinski definition) is 2. The van der Waals surface area contributed by atoms with Gasteiger partial charge in [0.25, 0.3) is 0 Å². The van der Waals surface area contributed by atoms with Gasteiger partial charge in [-0.1, -0.05) is 0 Å². The molecule has 0 aliphatic carbocycles. The average molecular weight is 325 g/mol. The monoisotopic (exact) mass is 325 g/mol. The molecule has 0 fully saturated rings. The highest BCUT2D eigenvalue weighted by atomic mass is 19.4. The highest BCUT2D eigenvalue weighted by Crippen LogP contribution is 2.52. The Morgan fingerprint density at radius 1 is 0.950 bits per heavy atom. The van der Waals surface area contributed by atoms with E-state index >= 15 is 0 Å². The number of carbonyl (C=O) groups excluding carboxylic acids is 1. The molecule has 0 bridgehead atoms. The molecule has 0 aromatic rings. The summed E-state index contributed by atoms with van der Waals surface area (Å²) in [5, 5.41) is 17.2. The van der Waals surface area contributed by atoms with Gasteiger partial charge in [-0.2, -0.15) is 39.5 Å². The molecule has 0 heterocycles. The van der Waals surface area contributed by atoms with Crippen LogP contribution in [0, 0.1) is 0 Å². The van der Waals surface area contributed by atoms with Gasteiger partial charge in [0, 0.05) is 0 Å². The molecule has 122 valence electrons. The van der Waals surface area contributed by atoms with E-state index in [0.717, 1.165) is 0 Å². The van der Waals surface area contributed by atoms with Gasteiger partial charge < -0.3 is 20.7 Å². The molecule has 0 atom stereocenters. The summed E-state index contributed by atoms with van der Waals surface area (Å²) in [7, 11) is 0. The van der Waals surface area contributed by atoms with Crippen molar-refractivity contribution < 1.29 is 60.3 Å². The summed E-state index contributed by atoms with van der Waals surface area (Å²) in [5.41, 5.74) is 3.35. The largest absolute Gasteiger partial charge is 0.544 e. The van der Waals surface area contributed by atoms with Crippen molar-refractivity contribution in [3.63, 3.8) is 0 Å². The predicted octanol–water partition coefficient (Wildman–Crippen LogP) is -0.575. The van der Waals surface area contributed by atoms with E-state index in [0.29, 0.717) is 6.54 Å². The second-order valence-electron chi connectivity index (χ2n) is 3.09. The minimum atomic E-state index is -7.20. The number of carbonyl (C=O) groups is 1. The standard InChI is InChI=1S/C5HF9O2.C2H7NO/c6-2(7,1(15)16)3(8,9)4(10,11)5(12,13)14;3-1-2-4/h(H,15,16);4H,1-3H2. The number of carboxylic acid groups (broad SMARTS) is 1. The number of quaternary nitrogens is 1. The number of carboxylic acids is 1. The normalized spacial score (nSPS) is 13.6. The molecule has 13 heteroatoms. The summed E-state index contributed by atoms with van der Waals surface area (Å²) in [6.45, 7) is 0.833. The minimum Gasteiger partial charge on any atom is -0.544 e. The molecule has 0 saturated heterocycles. The van der Waals surface area contributed by atoms with Crippen LogP contribution in [0.5, 0.6) is 0 Å². The molecular weight excluding hydrogens is 317 g/mol.